The monoisotopic (exact) mass is 256 g/mol. The minimum Gasteiger partial charge on any atom is -0.394 e. The van der Waals surface area contributed by atoms with Gasteiger partial charge in [0.1, 0.15) is 0 Å². The fraction of sp³-hybridized carbons (Fsp3) is 0.692. The topological polar surface area (TPSA) is 35.5 Å². The van der Waals surface area contributed by atoms with E-state index >= 15 is 0 Å². The molecule has 0 saturated carbocycles. The van der Waals surface area contributed by atoms with Crippen LogP contribution in [0, 0.1) is 6.92 Å². The predicted molar refractivity (Wildman–Crippen MR) is 74.7 cm³/mol. The molecule has 2 N–H and O–H groups in total. The third kappa shape index (κ3) is 4.76. The molecule has 3 nitrogen and oxygen atoms in total. The van der Waals surface area contributed by atoms with Crippen LogP contribution in [0.2, 0.25) is 0 Å². The summed E-state index contributed by atoms with van der Waals surface area (Å²) in [6.07, 6.45) is 0. The first-order chi connectivity index (χ1) is 8.21. The van der Waals surface area contributed by atoms with Gasteiger partial charge in [-0.25, -0.2) is 0 Å². The van der Waals surface area contributed by atoms with Gasteiger partial charge in [-0.05, 0) is 32.1 Å². The molecule has 0 radical (unpaired) electrons. The van der Waals surface area contributed by atoms with Gasteiger partial charge in [0, 0.05) is 22.8 Å². The zero-order valence-corrected chi connectivity index (χ0v) is 11.9. The van der Waals surface area contributed by atoms with E-state index in [0.717, 1.165) is 26.2 Å². The summed E-state index contributed by atoms with van der Waals surface area (Å²) >= 11 is 1.75. The van der Waals surface area contributed by atoms with E-state index in [2.05, 4.69) is 43.1 Å². The first kappa shape index (κ1) is 14.6. The molecule has 0 saturated heterocycles. The number of rotatable bonds is 8. The smallest absolute Gasteiger partial charge is 0.0650 e. The van der Waals surface area contributed by atoms with Crippen molar-refractivity contribution in [3.8, 4) is 0 Å². The first-order valence-electron chi connectivity index (χ1n) is 6.34. The molecule has 1 heterocycles. The number of hydrogen-bond donors (Lipinski definition) is 2. The molecule has 0 fully saturated rings. The average molecular weight is 256 g/mol. The Kier molecular flexibility index (Phi) is 6.73. The van der Waals surface area contributed by atoms with E-state index in [1.807, 2.05) is 0 Å². The largest absolute Gasteiger partial charge is 0.394 e. The van der Waals surface area contributed by atoms with Crippen LogP contribution in [-0.2, 0) is 0 Å². The molecular weight excluding hydrogens is 232 g/mol. The molecule has 4 heteroatoms. The average Bonchev–Trinajstić information content (AvgIpc) is 2.76. The van der Waals surface area contributed by atoms with Gasteiger partial charge in [-0.15, -0.1) is 11.3 Å². The first-order valence-corrected chi connectivity index (χ1v) is 7.15. The minimum absolute atomic E-state index is 0.0873. The molecule has 0 bridgehead atoms. The van der Waals surface area contributed by atoms with Gasteiger partial charge in [-0.3, -0.25) is 0 Å². The number of likely N-dealkylation sites (N-methyl/N-ethyl adjacent to an activating group) is 1. The highest BCUT2D eigenvalue weighted by atomic mass is 32.1. The molecule has 17 heavy (non-hydrogen) atoms. The van der Waals surface area contributed by atoms with Crippen LogP contribution in [0.3, 0.4) is 0 Å². The third-order valence-corrected chi connectivity index (χ3v) is 4.11. The molecule has 1 unspecified atom stereocenters. The van der Waals surface area contributed by atoms with Gasteiger partial charge in [0.15, 0.2) is 0 Å². The van der Waals surface area contributed by atoms with Gasteiger partial charge >= 0.3 is 0 Å². The molecule has 0 spiro atoms. The molecule has 0 aromatic carbocycles. The molecule has 0 aliphatic rings. The number of aliphatic hydroxyl groups excluding tert-OH is 1. The van der Waals surface area contributed by atoms with E-state index in [0.29, 0.717) is 0 Å². The second kappa shape index (κ2) is 7.82. The maximum atomic E-state index is 9.40. The zero-order chi connectivity index (χ0) is 12.7. The summed E-state index contributed by atoms with van der Waals surface area (Å²) in [6, 6.07) is 4.30. The Morgan fingerprint density at radius 3 is 2.53 bits per heavy atom. The Bertz CT molecular complexity index is 310. The molecule has 0 aliphatic carbocycles. The quantitative estimate of drug-likeness (QED) is 0.747. The summed E-state index contributed by atoms with van der Waals surface area (Å²) in [6.45, 7) is 10.7. The van der Waals surface area contributed by atoms with Crippen LogP contribution >= 0.6 is 11.3 Å². The molecular formula is C13H24N2OS. The zero-order valence-electron chi connectivity index (χ0n) is 11.1. The lowest BCUT2D eigenvalue weighted by Crippen LogP contribution is -2.34. The van der Waals surface area contributed by atoms with Crippen molar-refractivity contribution >= 4 is 11.3 Å². The van der Waals surface area contributed by atoms with Gasteiger partial charge in [0.2, 0.25) is 0 Å². The summed E-state index contributed by atoms with van der Waals surface area (Å²) < 4.78 is 0. The summed E-state index contributed by atoms with van der Waals surface area (Å²) in [7, 11) is 0. The molecule has 0 amide bonds. The predicted octanol–water partition coefficient (Wildman–Crippen LogP) is 2.02. The van der Waals surface area contributed by atoms with E-state index in [9.17, 15) is 5.11 Å². The van der Waals surface area contributed by atoms with Crippen molar-refractivity contribution in [1.82, 2.24) is 10.2 Å². The Balaban J connectivity index is 2.38. The normalized spacial score (nSPS) is 13.2. The second-order valence-corrected chi connectivity index (χ2v) is 5.48. The maximum Gasteiger partial charge on any atom is 0.0650 e. The Labute approximate surface area is 108 Å². The van der Waals surface area contributed by atoms with Crippen LogP contribution in [0.15, 0.2) is 12.1 Å². The van der Waals surface area contributed by atoms with Crippen molar-refractivity contribution in [2.24, 2.45) is 0 Å². The Morgan fingerprint density at radius 2 is 2.06 bits per heavy atom. The van der Waals surface area contributed by atoms with Crippen molar-refractivity contribution in [3.05, 3.63) is 21.9 Å². The van der Waals surface area contributed by atoms with E-state index in [-0.39, 0.29) is 12.6 Å². The van der Waals surface area contributed by atoms with E-state index in [4.69, 9.17) is 0 Å². The van der Waals surface area contributed by atoms with E-state index in [1.165, 1.54) is 9.75 Å². The van der Waals surface area contributed by atoms with Crippen molar-refractivity contribution in [1.29, 1.82) is 0 Å². The highest BCUT2D eigenvalue weighted by molar-refractivity contribution is 7.12. The number of nitrogens with one attached hydrogen (secondary N) is 1. The van der Waals surface area contributed by atoms with Gasteiger partial charge in [-0.2, -0.15) is 0 Å². The Hall–Kier alpha value is -0.420. The van der Waals surface area contributed by atoms with Gasteiger partial charge in [-0.1, -0.05) is 13.8 Å². The lowest BCUT2D eigenvalue weighted by Gasteiger charge is -2.20. The molecule has 1 aromatic rings. The molecule has 0 aliphatic heterocycles. The second-order valence-electron chi connectivity index (χ2n) is 4.16. The number of aryl methyl sites for hydroxylation is 1. The number of hydrogen-bond acceptors (Lipinski definition) is 4. The summed E-state index contributed by atoms with van der Waals surface area (Å²) in [4.78, 5) is 4.90. The molecule has 1 rings (SSSR count). The molecule has 98 valence electrons. The summed E-state index contributed by atoms with van der Waals surface area (Å²) in [5.74, 6) is 0. The van der Waals surface area contributed by atoms with E-state index in [1.54, 1.807) is 11.3 Å². The van der Waals surface area contributed by atoms with Gasteiger partial charge in [0.05, 0.1) is 12.6 Å². The maximum absolute atomic E-state index is 9.40. The van der Waals surface area contributed by atoms with Crippen molar-refractivity contribution < 1.29 is 5.11 Å². The standard InChI is InChI=1S/C13H24N2OS/c1-4-15(5-2)9-8-14-12(10-16)13-7-6-11(3)17-13/h6-7,12,14,16H,4-5,8-10H2,1-3H3. The summed E-state index contributed by atoms with van der Waals surface area (Å²) in [5.41, 5.74) is 0. The fourth-order valence-electron chi connectivity index (χ4n) is 1.83. The SMILES string of the molecule is CCN(CC)CCNC(CO)c1ccc(C)s1. The highest BCUT2D eigenvalue weighted by Gasteiger charge is 2.11. The highest BCUT2D eigenvalue weighted by Crippen LogP contribution is 2.22. The lowest BCUT2D eigenvalue weighted by molar-refractivity contribution is 0.235. The number of thiophene rings is 1. The van der Waals surface area contributed by atoms with Crippen LogP contribution in [0.25, 0.3) is 0 Å². The van der Waals surface area contributed by atoms with Crippen LogP contribution in [0.4, 0.5) is 0 Å². The van der Waals surface area contributed by atoms with Crippen molar-refractivity contribution in [3.63, 3.8) is 0 Å². The van der Waals surface area contributed by atoms with Crippen LogP contribution in [-0.4, -0.2) is 42.8 Å². The molecule has 1 atom stereocenters. The fourth-order valence-corrected chi connectivity index (χ4v) is 2.78. The Morgan fingerprint density at radius 1 is 1.35 bits per heavy atom. The van der Waals surface area contributed by atoms with Crippen molar-refractivity contribution in [2.75, 3.05) is 32.8 Å². The third-order valence-electron chi connectivity index (χ3n) is 3.00. The van der Waals surface area contributed by atoms with E-state index < -0.39 is 0 Å². The minimum atomic E-state index is 0.0873. The molecule has 1 aromatic heterocycles. The van der Waals surface area contributed by atoms with Crippen molar-refractivity contribution in [2.45, 2.75) is 26.8 Å². The number of nitrogens with zero attached hydrogens (tertiary/aromatic N) is 1. The summed E-state index contributed by atoms with van der Waals surface area (Å²) in [5, 5.41) is 12.8. The lowest BCUT2D eigenvalue weighted by atomic mass is 10.2. The van der Waals surface area contributed by atoms with Crippen LogP contribution in [0.1, 0.15) is 29.6 Å². The van der Waals surface area contributed by atoms with Gasteiger partial charge < -0.3 is 15.3 Å². The van der Waals surface area contributed by atoms with Crippen LogP contribution in [0.5, 0.6) is 0 Å². The van der Waals surface area contributed by atoms with Crippen LogP contribution < -0.4 is 5.32 Å². The number of aliphatic hydroxyl groups is 1. The van der Waals surface area contributed by atoms with Gasteiger partial charge in [0.25, 0.3) is 0 Å².